The number of piperidine rings is 1. The van der Waals surface area contributed by atoms with Gasteiger partial charge in [-0.25, -0.2) is 18.7 Å². The Balaban J connectivity index is 2.13. The second-order valence-electron chi connectivity index (χ2n) is 5.23. The fourth-order valence-corrected chi connectivity index (χ4v) is 2.86. The number of carbonyl (C=O) groups excluding carboxylic acids is 1. The Hall–Kier alpha value is -2.36. The van der Waals surface area contributed by atoms with Crippen LogP contribution in [0.1, 0.15) is 19.3 Å². The molecular weight excluding hydrogens is 326 g/mol. The summed E-state index contributed by atoms with van der Waals surface area (Å²) in [7, 11) is -3.57. The molecule has 126 valence electrons. The third-order valence-electron chi connectivity index (χ3n) is 3.46. The van der Waals surface area contributed by atoms with Crippen molar-refractivity contribution in [3.8, 4) is 0 Å². The molecule has 10 heteroatoms. The summed E-state index contributed by atoms with van der Waals surface area (Å²) in [4.78, 5) is 28.4. The van der Waals surface area contributed by atoms with Crippen LogP contribution in [-0.4, -0.2) is 43.7 Å². The Bertz CT molecular complexity index is 712. The second kappa shape index (κ2) is 6.82. The van der Waals surface area contributed by atoms with Gasteiger partial charge in [-0.3, -0.25) is 10.1 Å². The monoisotopic (exact) mass is 343 g/mol. The number of nitro benzene ring substituents is 1. The third kappa shape index (κ3) is 4.31. The zero-order valence-corrected chi connectivity index (χ0v) is 13.3. The smallest absolute Gasteiger partial charge is 0.324 e. The van der Waals surface area contributed by atoms with Crippen molar-refractivity contribution >= 4 is 27.3 Å². The van der Waals surface area contributed by atoms with E-state index in [4.69, 9.17) is 4.84 Å². The summed E-state index contributed by atoms with van der Waals surface area (Å²) in [6, 6.07) is 3.32. The van der Waals surface area contributed by atoms with Gasteiger partial charge in [-0.2, -0.15) is 0 Å². The van der Waals surface area contributed by atoms with Crippen LogP contribution in [0, 0.1) is 10.1 Å². The maximum absolute atomic E-state index is 11.9. The van der Waals surface area contributed by atoms with Gasteiger partial charge in [0.2, 0.25) is 0 Å². The summed E-state index contributed by atoms with van der Waals surface area (Å²) >= 11 is 0. The third-order valence-corrected chi connectivity index (χ3v) is 4.57. The second-order valence-corrected chi connectivity index (χ2v) is 7.24. The molecule has 0 saturated carbocycles. The highest BCUT2D eigenvalue weighted by molar-refractivity contribution is 7.90. The van der Waals surface area contributed by atoms with Crippen molar-refractivity contribution in [1.29, 1.82) is 0 Å². The van der Waals surface area contributed by atoms with Crippen LogP contribution in [-0.2, 0) is 14.7 Å². The Morgan fingerprint density at radius 3 is 2.52 bits per heavy atom. The first kappa shape index (κ1) is 17.0. The van der Waals surface area contributed by atoms with E-state index in [0.29, 0.717) is 13.1 Å². The fourth-order valence-electron chi connectivity index (χ4n) is 2.22. The van der Waals surface area contributed by atoms with Crippen LogP contribution in [0.3, 0.4) is 0 Å². The molecule has 1 aromatic carbocycles. The van der Waals surface area contributed by atoms with Gasteiger partial charge in [0.15, 0.2) is 9.84 Å². The van der Waals surface area contributed by atoms with Gasteiger partial charge >= 0.3 is 6.09 Å². The molecule has 1 saturated heterocycles. The molecule has 0 aliphatic carbocycles. The van der Waals surface area contributed by atoms with Crippen LogP contribution in [0.25, 0.3) is 0 Å². The first-order valence-electron chi connectivity index (χ1n) is 6.99. The lowest BCUT2D eigenvalue weighted by molar-refractivity contribution is -0.384. The maximum atomic E-state index is 11.9. The average Bonchev–Trinajstić information content (AvgIpc) is 2.52. The average molecular weight is 343 g/mol. The van der Waals surface area contributed by atoms with Gasteiger partial charge < -0.3 is 9.74 Å². The predicted molar refractivity (Wildman–Crippen MR) is 81.7 cm³/mol. The minimum Gasteiger partial charge on any atom is -0.324 e. The molecule has 1 fully saturated rings. The van der Waals surface area contributed by atoms with Crippen LogP contribution < -0.4 is 5.48 Å². The van der Waals surface area contributed by atoms with Crippen LogP contribution in [0.2, 0.25) is 0 Å². The molecule has 0 atom stereocenters. The topological polar surface area (TPSA) is 119 Å². The van der Waals surface area contributed by atoms with E-state index in [1.54, 1.807) is 0 Å². The first-order valence-corrected chi connectivity index (χ1v) is 8.88. The molecule has 0 unspecified atom stereocenters. The highest BCUT2D eigenvalue weighted by Gasteiger charge is 2.22. The molecule has 23 heavy (non-hydrogen) atoms. The van der Waals surface area contributed by atoms with Gasteiger partial charge in [-0.15, -0.1) is 0 Å². The van der Waals surface area contributed by atoms with Gasteiger partial charge in [-0.1, -0.05) is 0 Å². The number of carbonyl (C=O) groups is 1. The summed E-state index contributed by atoms with van der Waals surface area (Å²) in [6.07, 6.45) is 3.16. The van der Waals surface area contributed by atoms with E-state index in [-0.39, 0.29) is 10.6 Å². The SMILES string of the molecule is CS(=O)(=O)c1ccc(NOC(=O)N2CCCCC2)c([N+](=O)[O-])c1. The van der Waals surface area contributed by atoms with E-state index in [9.17, 15) is 23.3 Å². The number of hydrogen-bond acceptors (Lipinski definition) is 7. The highest BCUT2D eigenvalue weighted by Crippen LogP contribution is 2.27. The van der Waals surface area contributed by atoms with Crippen molar-refractivity contribution in [2.45, 2.75) is 24.2 Å². The number of rotatable bonds is 4. The molecule has 1 amide bonds. The Morgan fingerprint density at radius 2 is 1.96 bits per heavy atom. The van der Waals surface area contributed by atoms with Gasteiger partial charge in [0, 0.05) is 25.4 Å². The van der Waals surface area contributed by atoms with Crippen molar-refractivity contribution in [2.75, 3.05) is 24.8 Å². The number of benzene rings is 1. The van der Waals surface area contributed by atoms with Crippen LogP contribution in [0.5, 0.6) is 0 Å². The van der Waals surface area contributed by atoms with Crippen molar-refractivity contribution in [2.24, 2.45) is 0 Å². The van der Waals surface area contributed by atoms with E-state index in [0.717, 1.165) is 31.6 Å². The van der Waals surface area contributed by atoms with E-state index >= 15 is 0 Å². The fraction of sp³-hybridized carbons (Fsp3) is 0.462. The molecule has 1 N–H and O–H groups in total. The highest BCUT2D eigenvalue weighted by atomic mass is 32.2. The number of anilines is 1. The quantitative estimate of drug-likeness (QED) is 0.655. The summed E-state index contributed by atoms with van der Waals surface area (Å²) in [5.74, 6) is 0. The van der Waals surface area contributed by atoms with Gasteiger partial charge in [0.25, 0.3) is 5.69 Å². The number of amides is 1. The van der Waals surface area contributed by atoms with E-state index in [1.165, 1.54) is 17.0 Å². The minimum atomic E-state index is -3.57. The summed E-state index contributed by atoms with van der Waals surface area (Å²) in [5, 5.41) is 11.1. The van der Waals surface area contributed by atoms with E-state index in [1.807, 2.05) is 0 Å². The molecular formula is C13H17N3O6S. The zero-order chi connectivity index (χ0) is 17.0. The lowest BCUT2D eigenvalue weighted by Gasteiger charge is -2.25. The van der Waals surface area contributed by atoms with Gasteiger partial charge in [0.05, 0.1) is 9.82 Å². The number of nitrogens with zero attached hydrogens (tertiary/aromatic N) is 2. The summed E-state index contributed by atoms with van der Waals surface area (Å²) in [6.45, 7) is 1.16. The lowest BCUT2D eigenvalue weighted by Crippen LogP contribution is -2.37. The molecule has 1 aliphatic rings. The van der Waals surface area contributed by atoms with Crippen molar-refractivity contribution in [3.05, 3.63) is 28.3 Å². The van der Waals surface area contributed by atoms with E-state index in [2.05, 4.69) is 5.48 Å². The Kier molecular flexibility index (Phi) is 5.04. The van der Waals surface area contributed by atoms with Crippen LogP contribution in [0.15, 0.2) is 23.1 Å². The number of nitro groups is 1. The van der Waals surface area contributed by atoms with Gasteiger partial charge in [0.1, 0.15) is 5.69 Å². The van der Waals surface area contributed by atoms with Crippen molar-refractivity contribution in [3.63, 3.8) is 0 Å². The zero-order valence-electron chi connectivity index (χ0n) is 12.5. The number of sulfone groups is 1. The first-order chi connectivity index (χ1) is 10.8. The molecule has 0 radical (unpaired) electrons. The van der Waals surface area contributed by atoms with Crippen LogP contribution in [0.4, 0.5) is 16.2 Å². The Labute approximate surface area is 133 Å². The predicted octanol–water partition coefficient (Wildman–Crippen LogP) is 1.95. The molecule has 0 spiro atoms. The lowest BCUT2D eigenvalue weighted by atomic mass is 10.1. The molecule has 1 aliphatic heterocycles. The standard InChI is InChI=1S/C13H17N3O6S/c1-23(20,21)10-5-6-11(12(9-10)16(18)19)14-22-13(17)15-7-3-2-4-8-15/h5-6,9,14H,2-4,7-8H2,1H3. The molecule has 9 nitrogen and oxygen atoms in total. The van der Waals surface area contributed by atoms with Crippen LogP contribution >= 0.6 is 0 Å². The number of hydrogen-bond donors (Lipinski definition) is 1. The summed E-state index contributed by atoms with van der Waals surface area (Å²) in [5.41, 5.74) is 1.67. The summed E-state index contributed by atoms with van der Waals surface area (Å²) < 4.78 is 22.9. The maximum Gasteiger partial charge on any atom is 0.434 e. The molecule has 1 heterocycles. The molecule has 0 bridgehead atoms. The Morgan fingerprint density at radius 1 is 1.30 bits per heavy atom. The molecule has 2 rings (SSSR count). The molecule has 1 aromatic rings. The number of likely N-dealkylation sites (tertiary alicyclic amines) is 1. The largest absolute Gasteiger partial charge is 0.434 e. The van der Waals surface area contributed by atoms with Crippen molar-refractivity contribution < 1.29 is 23.0 Å². The van der Waals surface area contributed by atoms with Gasteiger partial charge in [-0.05, 0) is 31.4 Å². The number of nitrogens with one attached hydrogen (secondary N) is 1. The molecule has 0 aromatic heterocycles. The van der Waals surface area contributed by atoms with Crippen molar-refractivity contribution in [1.82, 2.24) is 4.90 Å². The van der Waals surface area contributed by atoms with E-state index < -0.39 is 26.5 Å². The normalized spacial score (nSPS) is 15.1. The minimum absolute atomic E-state index is 0.0900.